The summed E-state index contributed by atoms with van der Waals surface area (Å²) >= 11 is 1.39. The lowest BCUT2D eigenvalue weighted by molar-refractivity contribution is -0.120. The molecule has 0 radical (unpaired) electrons. The lowest BCUT2D eigenvalue weighted by atomic mass is 10.2. The molecule has 0 bridgehead atoms. The van der Waals surface area contributed by atoms with Gasteiger partial charge in [-0.2, -0.15) is 0 Å². The minimum Gasteiger partial charge on any atom is -0.496 e. The number of benzene rings is 1. The van der Waals surface area contributed by atoms with Crippen molar-refractivity contribution in [1.29, 1.82) is 0 Å². The molecule has 0 saturated carbocycles. The minimum absolute atomic E-state index is 0.00399. The molecule has 1 aromatic heterocycles. The standard InChI is InChI=1S/C19H26N4O2S/c1-6-11-23-17(15-9-7-8-10-16(15)25-5)21-22-19(23)26-14(4)18(24)20-12-13(2)3/h6-10,13-14H,1,11-12H2,2-5H3,(H,20,24)/t14-/m1/s1. The fourth-order valence-corrected chi connectivity index (χ4v) is 3.24. The van der Waals surface area contributed by atoms with Crippen LogP contribution >= 0.6 is 11.8 Å². The Labute approximate surface area is 159 Å². The second-order valence-corrected chi connectivity index (χ2v) is 7.61. The van der Waals surface area contributed by atoms with Crippen molar-refractivity contribution in [3.8, 4) is 17.1 Å². The first kappa shape index (κ1) is 20.0. The van der Waals surface area contributed by atoms with Gasteiger partial charge in [0, 0.05) is 13.1 Å². The van der Waals surface area contributed by atoms with Gasteiger partial charge in [0.15, 0.2) is 11.0 Å². The molecule has 0 unspecified atom stereocenters. The predicted molar refractivity (Wildman–Crippen MR) is 105 cm³/mol. The Hall–Kier alpha value is -2.28. The van der Waals surface area contributed by atoms with Crippen LogP contribution in [0.4, 0.5) is 0 Å². The van der Waals surface area contributed by atoms with E-state index in [-0.39, 0.29) is 11.2 Å². The molecule has 1 amide bonds. The summed E-state index contributed by atoms with van der Waals surface area (Å²) in [7, 11) is 1.63. The van der Waals surface area contributed by atoms with E-state index in [9.17, 15) is 4.79 Å². The number of carbonyl (C=O) groups is 1. The summed E-state index contributed by atoms with van der Waals surface area (Å²) in [6.45, 7) is 11.0. The molecule has 0 aliphatic rings. The quantitative estimate of drug-likeness (QED) is 0.538. The monoisotopic (exact) mass is 374 g/mol. The van der Waals surface area contributed by atoms with Gasteiger partial charge < -0.3 is 10.1 Å². The Kier molecular flexibility index (Phi) is 7.26. The molecule has 1 atom stereocenters. The molecule has 2 aromatic rings. The molecule has 140 valence electrons. The molecule has 0 spiro atoms. The maximum Gasteiger partial charge on any atom is 0.233 e. The molecule has 1 heterocycles. The first-order chi connectivity index (χ1) is 12.5. The van der Waals surface area contributed by atoms with Gasteiger partial charge in [-0.1, -0.05) is 43.8 Å². The largest absolute Gasteiger partial charge is 0.496 e. The van der Waals surface area contributed by atoms with Gasteiger partial charge >= 0.3 is 0 Å². The Morgan fingerprint density at radius 2 is 2.08 bits per heavy atom. The number of thioether (sulfide) groups is 1. The van der Waals surface area contributed by atoms with Crippen LogP contribution in [0.15, 0.2) is 42.1 Å². The van der Waals surface area contributed by atoms with Crippen LogP contribution in [0.5, 0.6) is 5.75 Å². The van der Waals surface area contributed by atoms with Crippen molar-refractivity contribution >= 4 is 17.7 Å². The van der Waals surface area contributed by atoms with E-state index in [0.717, 1.165) is 11.3 Å². The van der Waals surface area contributed by atoms with Gasteiger partial charge in [0.1, 0.15) is 5.75 Å². The number of allylic oxidation sites excluding steroid dienone is 1. The zero-order valence-electron chi connectivity index (χ0n) is 15.7. The molecular weight excluding hydrogens is 348 g/mol. The SMILES string of the molecule is C=CCn1c(S[C@H](C)C(=O)NCC(C)C)nnc1-c1ccccc1OC. The average Bonchev–Trinajstić information content (AvgIpc) is 3.02. The van der Waals surface area contributed by atoms with E-state index < -0.39 is 0 Å². The molecule has 0 aliphatic heterocycles. The Bertz CT molecular complexity index is 758. The fourth-order valence-electron chi connectivity index (χ4n) is 2.36. The Morgan fingerprint density at radius 1 is 1.35 bits per heavy atom. The fraction of sp³-hybridized carbons (Fsp3) is 0.421. The van der Waals surface area contributed by atoms with Crippen molar-refractivity contribution in [3.05, 3.63) is 36.9 Å². The van der Waals surface area contributed by atoms with E-state index in [1.54, 1.807) is 13.2 Å². The van der Waals surface area contributed by atoms with E-state index in [0.29, 0.717) is 30.0 Å². The molecule has 7 heteroatoms. The van der Waals surface area contributed by atoms with Crippen LogP contribution in [0, 0.1) is 5.92 Å². The molecule has 0 fully saturated rings. The summed E-state index contributed by atoms with van der Waals surface area (Å²) in [5.74, 6) is 1.83. The summed E-state index contributed by atoms with van der Waals surface area (Å²) in [4.78, 5) is 12.3. The van der Waals surface area contributed by atoms with Gasteiger partial charge in [-0.25, -0.2) is 0 Å². The third-order valence-electron chi connectivity index (χ3n) is 3.71. The summed E-state index contributed by atoms with van der Waals surface area (Å²) in [5.41, 5.74) is 0.855. The molecule has 0 aliphatic carbocycles. The van der Waals surface area contributed by atoms with Crippen molar-refractivity contribution in [2.24, 2.45) is 5.92 Å². The number of hydrogen-bond acceptors (Lipinski definition) is 5. The van der Waals surface area contributed by atoms with Gasteiger partial charge in [-0.05, 0) is 25.0 Å². The zero-order chi connectivity index (χ0) is 19.1. The summed E-state index contributed by atoms with van der Waals surface area (Å²) in [6, 6.07) is 7.67. The van der Waals surface area contributed by atoms with Crippen LogP contribution in [0.25, 0.3) is 11.4 Å². The van der Waals surface area contributed by atoms with E-state index in [4.69, 9.17) is 4.74 Å². The van der Waals surface area contributed by atoms with Crippen LogP contribution in [0.2, 0.25) is 0 Å². The van der Waals surface area contributed by atoms with Crippen LogP contribution in [-0.4, -0.2) is 39.6 Å². The Morgan fingerprint density at radius 3 is 2.73 bits per heavy atom. The van der Waals surface area contributed by atoms with Crippen LogP contribution in [-0.2, 0) is 11.3 Å². The zero-order valence-corrected chi connectivity index (χ0v) is 16.5. The number of nitrogens with one attached hydrogen (secondary N) is 1. The average molecular weight is 375 g/mol. The topological polar surface area (TPSA) is 69.0 Å². The number of rotatable bonds is 9. The first-order valence-corrected chi connectivity index (χ1v) is 9.47. The second-order valence-electron chi connectivity index (χ2n) is 6.30. The van der Waals surface area contributed by atoms with Gasteiger partial charge in [0.2, 0.25) is 5.91 Å². The normalized spacial score (nSPS) is 12.0. The van der Waals surface area contributed by atoms with E-state index in [1.165, 1.54) is 11.8 Å². The van der Waals surface area contributed by atoms with Crippen molar-refractivity contribution in [3.63, 3.8) is 0 Å². The first-order valence-electron chi connectivity index (χ1n) is 8.59. The van der Waals surface area contributed by atoms with Gasteiger partial charge in [-0.3, -0.25) is 9.36 Å². The number of carbonyl (C=O) groups excluding carboxylic acids is 1. The molecule has 2 rings (SSSR count). The predicted octanol–water partition coefficient (Wildman–Crippen LogP) is 3.39. The number of methoxy groups -OCH3 is 1. The van der Waals surface area contributed by atoms with Crippen molar-refractivity contribution in [1.82, 2.24) is 20.1 Å². The molecular formula is C19H26N4O2S. The Balaban J connectivity index is 2.26. The van der Waals surface area contributed by atoms with Crippen molar-refractivity contribution < 1.29 is 9.53 Å². The van der Waals surface area contributed by atoms with Gasteiger partial charge in [0.05, 0.1) is 17.9 Å². The molecule has 1 N–H and O–H groups in total. The van der Waals surface area contributed by atoms with Crippen LogP contribution in [0.1, 0.15) is 20.8 Å². The molecule has 6 nitrogen and oxygen atoms in total. The smallest absolute Gasteiger partial charge is 0.233 e. The lowest BCUT2D eigenvalue weighted by Crippen LogP contribution is -2.33. The van der Waals surface area contributed by atoms with E-state index >= 15 is 0 Å². The highest BCUT2D eigenvalue weighted by Crippen LogP contribution is 2.32. The highest BCUT2D eigenvalue weighted by Gasteiger charge is 2.21. The summed E-state index contributed by atoms with van der Waals surface area (Å²) in [6.07, 6.45) is 1.79. The summed E-state index contributed by atoms with van der Waals surface area (Å²) < 4.78 is 7.38. The van der Waals surface area contributed by atoms with E-state index in [2.05, 4.69) is 35.9 Å². The third-order valence-corrected chi connectivity index (χ3v) is 4.79. The molecule has 26 heavy (non-hydrogen) atoms. The van der Waals surface area contributed by atoms with Gasteiger partial charge in [-0.15, -0.1) is 16.8 Å². The maximum atomic E-state index is 12.3. The highest BCUT2D eigenvalue weighted by atomic mass is 32.2. The molecule has 0 saturated heterocycles. The highest BCUT2D eigenvalue weighted by molar-refractivity contribution is 8.00. The van der Waals surface area contributed by atoms with Gasteiger partial charge in [0.25, 0.3) is 0 Å². The van der Waals surface area contributed by atoms with Crippen LogP contribution in [0.3, 0.4) is 0 Å². The van der Waals surface area contributed by atoms with Crippen LogP contribution < -0.4 is 10.1 Å². The van der Waals surface area contributed by atoms with Crippen molar-refractivity contribution in [2.45, 2.75) is 37.7 Å². The third kappa shape index (κ3) is 4.88. The summed E-state index contributed by atoms with van der Waals surface area (Å²) in [5, 5.41) is 12.0. The van der Waals surface area contributed by atoms with E-state index in [1.807, 2.05) is 35.8 Å². The number of amides is 1. The second kappa shape index (κ2) is 9.43. The lowest BCUT2D eigenvalue weighted by Gasteiger charge is -2.14. The number of hydrogen-bond donors (Lipinski definition) is 1. The number of aromatic nitrogens is 3. The van der Waals surface area contributed by atoms with Crippen molar-refractivity contribution in [2.75, 3.05) is 13.7 Å². The molecule has 1 aromatic carbocycles. The minimum atomic E-state index is -0.271. The number of nitrogens with zero attached hydrogens (tertiary/aromatic N) is 3. The number of para-hydroxylation sites is 1. The maximum absolute atomic E-state index is 12.3. The number of ether oxygens (including phenoxy) is 1.